The van der Waals surface area contributed by atoms with Crippen molar-refractivity contribution in [3.8, 4) is 5.69 Å². The minimum absolute atomic E-state index is 0.0794. The summed E-state index contributed by atoms with van der Waals surface area (Å²) in [5, 5.41) is 0.598. The molecule has 1 saturated carbocycles. The van der Waals surface area contributed by atoms with Gasteiger partial charge in [-0.3, -0.25) is 14.2 Å². The van der Waals surface area contributed by atoms with E-state index in [4.69, 9.17) is 4.98 Å². The number of hydrogen-bond acceptors (Lipinski definition) is 3. The molecule has 1 aliphatic carbocycles. The Kier molecular flexibility index (Phi) is 7.26. The van der Waals surface area contributed by atoms with Crippen molar-refractivity contribution in [3.63, 3.8) is 0 Å². The molecule has 174 valence electrons. The number of unbranched alkanes of at least 4 members (excludes halogenated alkanes) is 2. The van der Waals surface area contributed by atoms with Gasteiger partial charge in [0, 0.05) is 12.5 Å². The monoisotopic (exact) mass is 445 g/mol. The molecule has 1 fully saturated rings. The molecule has 1 aromatic heterocycles. The molecule has 1 heterocycles. The normalized spacial score (nSPS) is 14.8. The van der Waals surface area contributed by atoms with Crippen LogP contribution in [0.4, 0.5) is 0 Å². The van der Waals surface area contributed by atoms with E-state index in [-0.39, 0.29) is 23.4 Å². The molecular weight excluding hydrogens is 410 g/mol. The first-order chi connectivity index (χ1) is 16.0. The van der Waals surface area contributed by atoms with Crippen molar-refractivity contribution in [1.29, 1.82) is 0 Å². The molecule has 3 aromatic rings. The Balaban J connectivity index is 1.89. The van der Waals surface area contributed by atoms with Crippen LogP contribution in [0.25, 0.3) is 16.6 Å². The Morgan fingerprint density at radius 3 is 2.58 bits per heavy atom. The van der Waals surface area contributed by atoms with Gasteiger partial charge in [0.2, 0.25) is 5.91 Å². The van der Waals surface area contributed by atoms with E-state index in [2.05, 4.69) is 13.8 Å². The number of aromatic nitrogens is 2. The molecule has 33 heavy (non-hydrogen) atoms. The van der Waals surface area contributed by atoms with E-state index >= 15 is 0 Å². The van der Waals surface area contributed by atoms with Gasteiger partial charge in [-0.1, -0.05) is 57.4 Å². The third-order valence-electron chi connectivity index (χ3n) is 6.86. The fourth-order valence-corrected chi connectivity index (χ4v) is 4.77. The molecule has 0 bridgehead atoms. The average Bonchev–Trinajstić information content (AvgIpc) is 2.77. The van der Waals surface area contributed by atoms with Gasteiger partial charge in [0.1, 0.15) is 5.82 Å². The largest absolute Gasteiger partial charge is 0.332 e. The first kappa shape index (κ1) is 23.2. The molecule has 1 aliphatic rings. The highest BCUT2D eigenvalue weighted by Gasteiger charge is 2.35. The highest BCUT2D eigenvalue weighted by Crippen LogP contribution is 2.33. The molecule has 0 saturated heterocycles. The zero-order valence-electron chi connectivity index (χ0n) is 20.1. The summed E-state index contributed by atoms with van der Waals surface area (Å²) in [5.41, 5.74) is 2.49. The lowest BCUT2D eigenvalue weighted by molar-refractivity contribution is -0.141. The Labute approximate surface area is 196 Å². The van der Waals surface area contributed by atoms with Gasteiger partial charge < -0.3 is 4.90 Å². The summed E-state index contributed by atoms with van der Waals surface area (Å²) in [6, 6.07) is 15.2. The van der Waals surface area contributed by atoms with E-state index in [1.165, 1.54) is 0 Å². The highest BCUT2D eigenvalue weighted by atomic mass is 16.2. The van der Waals surface area contributed by atoms with E-state index in [1.807, 2.05) is 60.4 Å². The topological polar surface area (TPSA) is 55.2 Å². The van der Waals surface area contributed by atoms with Gasteiger partial charge in [0.15, 0.2) is 0 Å². The van der Waals surface area contributed by atoms with Crippen LogP contribution in [-0.2, 0) is 4.79 Å². The van der Waals surface area contributed by atoms with E-state index < -0.39 is 0 Å². The van der Waals surface area contributed by atoms with Crippen LogP contribution < -0.4 is 5.56 Å². The second-order valence-corrected chi connectivity index (χ2v) is 9.26. The van der Waals surface area contributed by atoms with E-state index in [0.717, 1.165) is 49.8 Å². The third-order valence-corrected chi connectivity index (χ3v) is 6.86. The minimum Gasteiger partial charge on any atom is -0.332 e. The molecule has 0 radical (unpaired) electrons. The molecule has 2 aromatic carbocycles. The first-order valence-electron chi connectivity index (χ1n) is 12.4. The van der Waals surface area contributed by atoms with Crippen LogP contribution in [0.5, 0.6) is 0 Å². The summed E-state index contributed by atoms with van der Waals surface area (Å²) in [7, 11) is 0. The van der Waals surface area contributed by atoms with E-state index in [1.54, 1.807) is 4.57 Å². The Morgan fingerprint density at radius 2 is 1.91 bits per heavy atom. The van der Waals surface area contributed by atoms with Crippen molar-refractivity contribution in [2.24, 2.45) is 5.92 Å². The number of aryl methyl sites for hydroxylation is 1. The quantitative estimate of drug-likeness (QED) is 0.382. The van der Waals surface area contributed by atoms with Crippen LogP contribution >= 0.6 is 0 Å². The fourth-order valence-electron chi connectivity index (χ4n) is 4.77. The maximum absolute atomic E-state index is 13.8. The van der Waals surface area contributed by atoms with Crippen molar-refractivity contribution >= 4 is 16.8 Å². The number of hydrogen-bond donors (Lipinski definition) is 0. The van der Waals surface area contributed by atoms with Crippen LogP contribution in [-0.4, -0.2) is 26.9 Å². The second-order valence-electron chi connectivity index (χ2n) is 9.26. The summed E-state index contributed by atoms with van der Waals surface area (Å²) in [4.78, 5) is 34.4. The van der Waals surface area contributed by atoms with Gasteiger partial charge >= 0.3 is 0 Å². The molecule has 1 atom stereocenters. The maximum Gasteiger partial charge on any atom is 0.266 e. The Morgan fingerprint density at radius 1 is 1.12 bits per heavy atom. The van der Waals surface area contributed by atoms with E-state index in [9.17, 15) is 9.59 Å². The molecule has 4 rings (SSSR count). The fraction of sp³-hybridized carbons (Fsp3) is 0.464. The van der Waals surface area contributed by atoms with Crippen molar-refractivity contribution in [2.75, 3.05) is 6.54 Å². The number of nitrogens with zero attached hydrogens (tertiary/aromatic N) is 3. The molecule has 0 aliphatic heterocycles. The van der Waals surface area contributed by atoms with Crippen LogP contribution in [0, 0.1) is 12.8 Å². The molecular formula is C28H35N3O2. The number of benzene rings is 2. The number of fused-ring (bicyclic) bond motifs is 1. The predicted molar refractivity (Wildman–Crippen MR) is 134 cm³/mol. The third kappa shape index (κ3) is 4.73. The number of rotatable bonds is 9. The SMILES string of the molecule is CCCCCN(C(=O)C1CCC1)C(CC)c1nc2ccccc2c(=O)n1-c1cccc(C)c1. The minimum atomic E-state index is -0.243. The molecule has 5 heteroatoms. The zero-order valence-corrected chi connectivity index (χ0v) is 20.1. The molecule has 1 unspecified atom stereocenters. The summed E-state index contributed by atoms with van der Waals surface area (Å²) in [6.45, 7) is 7.00. The van der Waals surface area contributed by atoms with Crippen LogP contribution in [0.1, 0.15) is 76.2 Å². The van der Waals surface area contributed by atoms with Crippen LogP contribution in [0.2, 0.25) is 0 Å². The van der Waals surface area contributed by atoms with E-state index in [0.29, 0.717) is 29.7 Å². The highest BCUT2D eigenvalue weighted by molar-refractivity contribution is 5.81. The van der Waals surface area contributed by atoms with Gasteiger partial charge in [-0.05, 0) is 62.4 Å². The van der Waals surface area contributed by atoms with Gasteiger partial charge in [-0.15, -0.1) is 0 Å². The lowest BCUT2D eigenvalue weighted by atomic mass is 9.84. The first-order valence-corrected chi connectivity index (χ1v) is 12.4. The smallest absolute Gasteiger partial charge is 0.266 e. The van der Waals surface area contributed by atoms with Gasteiger partial charge in [0.05, 0.1) is 22.6 Å². The van der Waals surface area contributed by atoms with Crippen LogP contribution in [0.15, 0.2) is 53.3 Å². The number of carbonyl (C=O) groups is 1. The van der Waals surface area contributed by atoms with Gasteiger partial charge in [-0.2, -0.15) is 0 Å². The van der Waals surface area contributed by atoms with Crippen molar-refractivity contribution < 1.29 is 4.79 Å². The van der Waals surface area contributed by atoms with Crippen molar-refractivity contribution in [2.45, 2.75) is 71.8 Å². The Hall–Kier alpha value is -2.95. The van der Waals surface area contributed by atoms with Gasteiger partial charge in [-0.25, -0.2) is 4.98 Å². The molecule has 5 nitrogen and oxygen atoms in total. The average molecular weight is 446 g/mol. The standard InChI is InChI=1S/C28H35N3O2/c1-4-6-9-18-30(27(32)21-13-11-14-21)25(5-2)26-29-24-17-8-7-16-23(24)28(33)31(26)22-15-10-12-20(3)19-22/h7-8,10,12,15-17,19,21,25H,4-6,9,11,13-14,18H2,1-3H3. The molecule has 0 spiro atoms. The lowest BCUT2D eigenvalue weighted by Crippen LogP contribution is -2.43. The summed E-state index contributed by atoms with van der Waals surface area (Å²) < 4.78 is 1.74. The van der Waals surface area contributed by atoms with Crippen LogP contribution in [0.3, 0.4) is 0 Å². The second kappa shape index (κ2) is 10.3. The predicted octanol–water partition coefficient (Wildman–Crippen LogP) is 5.96. The lowest BCUT2D eigenvalue weighted by Gasteiger charge is -2.37. The molecule has 1 amide bonds. The summed E-state index contributed by atoms with van der Waals surface area (Å²) >= 11 is 0. The number of amides is 1. The van der Waals surface area contributed by atoms with Crippen molar-refractivity contribution in [3.05, 3.63) is 70.3 Å². The number of para-hydroxylation sites is 1. The van der Waals surface area contributed by atoms with Crippen molar-refractivity contribution in [1.82, 2.24) is 14.5 Å². The zero-order chi connectivity index (χ0) is 23.4. The molecule has 0 N–H and O–H groups in total. The maximum atomic E-state index is 13.8. The summed E-state index contributed by atoms with van der Waals surface area (Å²) in [6.07, 6.45) is 6.92. The Bertz CT molecular complexity index is 1180. The van der Waals surface area contributed by atoms with Gasteiger partial charge in [0.25, 0.3) is 5.56 Å². The number of carbonyl (C=O) groups excluding carboxylic acids is 1. The summed E-state index contributed by atoms with van der Waals surface area (Å²) in [5.74, 6) is 0.999.